The van der Waals surface area contributed by atoms with Gasteiger partial charge in [0.15, 0.2) is 0 Å². The number of aromatic nitrogens is 1. The molecule has 1 aromatic heterocycles. The molecule has 1 aliphatic rings. The molecule has 0 amide bonds. The van der Waals surface area contributed by atoms with Gasteiger partial charge >= 0.3 is 0 Å². The summed E-state index contributed by atoms with van der Waals surface area (Å²) in [5, 5.41) is 0. The molecule has 0 aromatic carbocycles. The van der Waals surface area contributed by atoms with E-state index in [0.29, 0.717) is 0 Å². The van der Waals surface area contributed by atoms with Crippen molar-refractivity contribution in [3.8, 4) is 0 Å². The van der Waals surface area contributed by atoms with Crippen molar-refractivity contribution in [2.75, 3.05) is 0 Å². The lowest BCUT2D eigenvalue weighted by Crippen LogP contribution is -1.85. The molecule has 0 radical (unpaired) electrons. The molecule has 2 rings (SSSR count). The van der Waals surface area contributed by atoms with Crippen molar-refractivity contribution in [3.05, 3.63) is 30.6 Å². The van der Waals surface area contributed by atoms with E-state index in [1.165, 1.54) is 38.5 Å². The Labute approximate surface area is 74.8 Å². The van der Waals surface area contributed by atoms with Gasteiger partial charge in [0.25, 0.3) is 0 Å². The van der Waals surface area contributed by atoms with Crippen LogP contribution < -0.4 is 0 Å². The van der Waals surface area contributed by atoms with Crippen LogP contribution in [0.3, 0.4) is 0 Å². The second kappa shape index (κ2) is 6.84. The van der Waals surface area contributed by atoms with E-state index in [0.717, 1.165) is 0 Å². The van der Waals surface area contributed by atoms with Crippen LogP contribution in [0.4, 0.5) is 0 Å². The number of hydrogen-bond acceptors (Lipinski definition) is 1. The Balaban J connectivity index is 0.000000120. The third-order valence-electron chi connectivity index (χ3n) is 2.07. The van der Waals surface area contributed by atoms with Gasteiger partial charge in [0.1, 0.15) is 0 Å². The van der Waals surface area contributed by atoms with Gasteiger partial charge in [-0.05, 0) is 12.1 Å². The van der Waals surface area contributed by atoms with E-state index in [9.17, 15) is 0 Å². The molecular weight excluding hydrogens is 146 g/mol. The van der Waals surface area contributed by atoms with Crippen LogP contribution in [-0.2, 0) is 0 Å². The Kier molecular flexibility index (Phi) is 5.26. The first kappa shape index (κ1) is 9.24. The number of nitrogens with zero attached hydrogens (tertiary/aromatic N) is 1. The molecule has 0 N–H and O–H groups in total. The van der Waals surface area contributed by atoms with E-state index >= 15 is 0 Å². The van der Waals surface area contributed by atoms with Crippen LogP contribution in [0.5, 0.6) is 0 Å². The van der Waals surface area contributed by atoms with Crippen LogP contribution in [0.15, 0.2) is 30.6 Å². The molecule has 0 unspecified atom stereocenters. The minimum Gasteiger partial charge on any atom is -0.265 e. The zero-order chi connectivity index (χ0) is 8.49. The van der Waals surface area contributed by atoms with Crippen LogP contribution in [-0.4, -0.2) is 4.98 Å². The summed E-state index contributed by atoms with van der Waals surface area (Å²) in [5.74, 6) is 0. The second-order valence-electron chi connectivity index (χ2n) is 3.15. The van der Waals surface area contributed by atoms with Crippen LogP contribution in [0.1, 0.15) is 38.5 Å². The van der Waals surface area contributed by atoms with Crippen molar-refractivity contribution >= 4 is 0 Å². The van der Waals surface area contributed by atoms with E-state index in [1.807, 2.05) is 18.2 Å². The number of pyridine rings is 1. The van der Waals surface area contributed by atoms with Crippen LogP contribution in [0, 0.1) is 0 Å². The minimum absolute atomic E-state index is 1.50. The highest BCUT2D eigenvalue weighted by Gasteiger charge is 1.95. The lowest BCUT2D eigenvalue weighted by Gasteiger charge is -2.05. The van der Waals surface area contributed by atoms with Gasteiger partial charge in [-0.15, -0.1) is 0 Å². The van der Waals surface area contributed by atoms with Crippen LogP contribution >= 0.6 is 0 Å². The van der Waals surface area contributed by atoms with E-state index < -0.39 is 0 Å². The van der Waals surface area contributed by atoms with Crippen molar-refractivity contribution in [1.29, 1.82) is 0 Å². The van der Waals surface area contributed by atoms with Crippen molar-refractivity contribution in [3.63, 3.8) is 0 Å². The first-order chi connectivity index (χ1) is 6.00. The first-order valence-electron chi connectivity index (χ1n) is 4.85. The van der Waals surface area contributed by atoms with Crippen LogP contribution in [0.2, 0.25) is 0 Å². The van der Waals surface area contributed by atoms with E-state index in [4.69, 9.17) is 0 Å². The standard InChI is InChI=1S/C6H12.C5H5N/c2*1-2-4-6-5-3-1/h1-6H2;1-5H. The van der Waals surface area contributed by atoms with Gasteiger partial charge in [-0.3, -0.25) is 4.98 Å². The maximum Gasteiger partial charge on any atom is 0.0267 e. The van der Waals surface area contributed by atoms with E-state index in [-0.39, 0.29) is 0 Å². The summed E-state index contributed by atoms with van der Waals surface area (Å²) in [6.07, 6.45) is 12.5. The van der Waals surface area contributed by atoms with Gasteiger partial charge in [-0.25, -0.2) is 0 Å². The molecule has 0 aliphatic heterocycles. The highest BCUT2D eigenvalue weighted by atomic mass is 14.6. The summed E-state index contributed by atoms with van der Waals surface area (Å²) < 4.78 is 0. The molecule has 0 saturated heterocycles. The predicted octanol–water partition coefficient (Wildman–Crippen LogP) is 3.42. The third kappa shape index (κ3) is 4.89. The molecule has 1 nitrogen and oxygen atoms in total. The van der Waals surface area contributed by atoms with Crippen LogP contribution in [0.25, 0.3) is 0 Å². The summed E-state index contributed by atoms with van der Waals surface area (Å²) in [6, 6.07) is 5.72. The second-order valence-corrected chi connectivity index (χ2v) is 3.15. The largest absolute Gasteiger partial charge is 0.265 e. The van der Waals surface area contributed by atoms with Gasteiger partial charge in [0.05, 0.1) is 0 Å². The summed E-state index contributed by atoms with van der Waals surface area (Å²) in [7, 11) is 0. The average molecular weight is 163 g/mol. The molecule has 1 heteroatoms. The maximum atomic E-state index is 3.78. The fourth-order valence-corrected chi connectivity index (χ4v) is 1.37. The molecule has 0 spiro atoms. The molecule has 1 fully saturated rings. The number of rotatable bonds is 0. The maximum absolute atomic E-state index is 3.78. The van der Waals surface area contributed by atoms with Crippen molar-refractivity contribution in [1.82, 2.24) is 4.98 Å². The predicted molar refractivity (Wildman–Crippen MR) is 51.9 cm³/mol. The lowest BCUT2D eigenvalue weighted by atomic mass is 10.0. The topological polar surface area (TPSA) is 12.9 Å². The van der Waals surface area contributed by atoms with Gasteiger partial charge in [0, 0.05) is 12.4 Å². The fraction of sp³-hybridized carbons (Fsp3) is 0.545. The normalized spacial score (nSPS) is 16.0. The smallest absolute Gasteiger partial charge is 0.0267 e. The molecule has 0 bridgehead atoms. The Morgan fingerprint density at radius 1 is 0.583 bits per heavy atom. The monoisotopic (exact) mass is 163 g/mol. The van der Waals surface area contributed by atoms with Crippen molar-refractivity contribution < 1.29 is 0 Å². The molecule has 0 atom stereocenters. The van der Waals surface area contributed by atoms with E-state index in [1.54, 1.807) is 12.4 Å². The summed E-state index contributed by atoms with van der Waals surface area (Å²) in [5.41, 5.74) is 0. The Bertz CT molecular complexity index is 129. The molecule has 1 aromatic rings. The molecular formula is C11H17N. The number of hydrogen-bond donors (Lipinski definition) is 0. The van der Waals surface area contributed by atoms with Gasteiger partial charge in [-0.2, -0.15) is 0 Å². The highest BCUT2D eigenvalue weighted by molar-refractivity contribution is 4.88. The zero-order valence-corrected chi connectivity index (χ0v) is 7.58. The third-order valence-corrected chi connectivity index (χ3v) is 2.07. The minimum atomic E-state index is 1.50. The molecule has 1 heterocycles. The molecule has 66 valence electrons. The van der Waals surface area contributed by atoms with E-state index in [2.05, 4.69) is 4.98 Å². The van der Waals surface area contributed by atoms with Crippen molar-refractivity contribution in [2.45, 2.75) is 38.5 Å². The Hall–Kier alpha value is -0.850. The Morgan fingerprint density at radius 2 is 1.00 bits per heavy atom. The summed E-state index contributed by atoms with van der Waals surface area (Å²) in [4.78, 5) is 3.78. The average Bonchev–Trinajstić information content (AvgIpc) is 2.24. The molecule has 1 saturated carbocycles. The first-order valence-corrected chi connectivity index (χ1v) is 4.85. The fourth-order valence-electron chi connectivity index (χ4n) is 1.37. The quantitative estimate of drug-likeness (QED) is 0.571. The summed E-state index contributed by atoms with van der Waals surface area (Å²) in [6.45, 7) is 0. The summed E-state index contributed by atoms with van der Waals surface area (Å²) >= 11 is 0. The zero-order valence-electron chi connectivity index (χ0n) is 7.58. The lowest BCUT2D eigenvalue weighted by molar-refractivity contribution is 0.504. The van der Waals surface area contributed by atoms with Gasteiger partial charge in [-0.1, -0.05) is 44.6 Å². The van der Waals surface area contributed by atoms with Crippen molar-refractivity contribution in [2.24, 2.45) is 0 Å². The Morgan fingerprint density at radius 3 is 1.17 bits per heavy atom. The molecule has 1 aliphatic carbocycles. The van der Waals surface area contributed by atoms with Gasteiger partial charge in [0.2, 0.25) is 0 Å². The van der Waals surface area contributed by atoms with Gasteiger partial charge < -0.3 is 0 Å². The molecule has 12 heavy (non-hydrogen) atoms. The highest BCUT2D eigenvalue weighted by Crippen LogP contribution is 2.15. The SMILES string of the molecule is C1CCCCC1.c1ccncc1.